The molecule has 4 aromatic carbocycles. The van der Waals surface area contributed by atoms with E-state index in [1.807, 2.05) is 50.2 Å². The van der Waals surface area contributed by atoms with Crippen molar-refractivity contribution in [2.75, 3.05) is 19.6 Å². The number of alkyl halides is 6. The van der Waals surface area contributed by atoms with Gasteiger partial charge in [-0.1, -0.05) is 24.3 Å². The minimum atomic E-state index is -3.14. The third-order valence-corrected chi connectivity index (χ3v) is 10.4. The highest BCUT2D eigenvalue weighted by Crippen LogP contribution is 2.40. The summed E-state index contributed by atoms with van der Waals surface area (Å²) in [6.07, 6.45) is -1.87. The predicted octanol–water partition coefficient (Wildman–Crippen LogP) is 9.08. The molecule has 16 heteroatoms. The van der Waals surface area contributed by atoms with Crippen LogP contribution in [0.15, 0.2) is 69.5 Å². The molecule has 298 valence electrons. The van der Waals surface area contributed by atoms with Gasteiger partial charge in [-0.2, -0.15) is 17.6 Å². The molecule has 0 unspecified atom stereocenters. The van der Waals surface area contributed by atoms with Gasteiger partial charge in [0.15, 0.2) is 11.2 Å². The van der Waals surface area contributed by atoms with E-state index in [1.54, 1.807) is 0 Å². The van der Waals surface area contributed by atoms with E-state index in [1.165, 1.54) is 29.2 Å². The molecule has 2 aromatic heterocycles. The molecule has 10 nitrogen and oxygen atoms in total. The fourth-order valence-electron chi connectivity index (χ4n) is 7.50. The van der Waals surface area contributed by atoms with Crippen molar-refractivity contribution in [2.45, 2.75) is 71.4 Å². The van der Waals surface area contributed by atoms with Crippen LogP contribution in [-0.4, -0.2) is 72.1 Å². The van der Waals surface area contributed by atoms with Crippen LogP contribution in [0, 0.1) is 13.8 Å². The second kappa shape index (κ2) is 15.7. The van der Waals surface area contributed by atoms with Gasteiger partial charge in [0, 0.05) is 54.0 Å². The van der Waals surface area contributed by atoms with Crippen molar-refractivity contribution in [3.63, 3.8) is 0 Å². The Morgan fingerprint density at radius 3 is 1.81 bits per heavy atom. The summed E-state index contributed by atoms with van der Waals surface area (Å²) in [6, 6.07) is 16.3. The van der Waals surface area contributed by atoms with Crippen LogP contribution in [0.25, 0.3) is 56.2 Å². The van der Waals surface area contributed by atoms with Gasteiger partial charge in [0.2, 0.25) is 11.8 Å². The Bertz CT molecular complexity index is 2440. The Morgan fingerprint density at radius 2 is 1.30 bits per heavy atom. The average Bonchev–Trinajstić information content (AvgIpc) is 3.98. The summed E-state index contributed by atoms with van der Waals surface area (Å²) in [5, 5.41) is 3.05. The van der Waals surface area contributed by atoms with Gasteiger partial charge in [0.25, 0.3) is 0 Å². The van der Waals surface area contributed by atoms with Crippen LogP contribution in [0.3, 0.4) is 0 Å². The monoisotopic (exact) mass is 794 g/mol. The summed E-state index contributed by atoms with van der Waals surface area (Å²) in [6.45, 7) is -2.47. The summed E-state index contributed by atoms with van der Waals surface area (Å²) >= 11 is 0. The number of nitrogens with one attached hydrogen (secondary N) is 1. The molecule has 8 rings (SSSR count). The Kier molecular flexibility index (Phi) is 10.6. The zero-order valence-electron chi connectivity index (χ0n) is 30.7. The lowest BCUT2D eigenvalue weighted by Crippen LogP contribution is -2.32. The molecular weight excluding hydrogens is 758 g/mol. The zero-order chi connectivity index (χ0) is 40.0. The van der Waals surface area contributed by atoms with Crippen molar-refractivity contribution in [1.82, 2.24) is 20.2 Å². The number of oxazole rings is 2. The third-order valence-electron chi connectivity index (χ3n) is 10.4. The maximum Gasteiger partial charge on any atom is 0.387 e. The number of carbonyl (C=O) groups is 1. The summed E-state index contributed by atoms with van der Waals surface area (Å²) in [7, 11) is 0. The lowest BCUT2D eigenvalue weighted by molar-refractivity contribution is -0.147. The molecule has 6 aromatic rings. The minimum absolute atomic E-state index is 0.0230. The molecule has 2 aliphatic rings. The van der Waals surface area contributed by atoms with E-state index in [9.17, 15) is 31.1 Å². The molecule has 2 aliphatic heterocycles. The van der Waals surface area contributed by atoms with Crippen LogP contribution in [0.5, 0.6) is 11.5 Å². The maximum absolute atomic E-state index is 13.9. The minimum Gasteiger partial charge on any atom is -0.460 e. The highest BCUT2D eigenvalue weighted by molar-refractivity contribution is 5.85. The summed E-state index contributed by atoms with van der Waals surface area (Å²) < 4.78 is 109. The molecule has 2 saturated heterocycles. The SMILES string of the molecule is Cc1c(-c2nc3cc(COC(=O)[C@@H]4CCCN4)c(OC(F)F)cc3o2)cccc1-c1cccc(-c2nc3cc(CN4C[C@@H](F)[C@H](F)C4)c(OC(F)F)cc3o2)c1C. The van der Waals surface area contributed by atoms with Crippen LogP contribution in [0.2, 0.25) is 0 Å². The summed E-state index contributed by atoms with van der Waals surface area (Å²) in [4.78, 5) is 23.3. The number of halogens is 6. The topological polar surface area (TPSA) is 112 Å². The normalized spacial score (nSPS) is 18.7. The Labute approximate surface area is 321 Å². The van der Waals surface area contributed by atoms with E-state index >= 15 is 0 Å². The van der Waals surface area contributed by atoms with Crippen molar-refractivity contribution < 1.29 is 54.2 Å². The van der Waals surface area contributed by atoms with Gasteiger partial charge in [-0.25, -0.2) is 18.7 Å². The number of fused-ring (bicyclic) bond motifs is 2. The van der Waals surface area contributed by atoms with E-state index in [-0.39, 0.29) is 71.8 Å². The van der Waals surface area contributed by atoms with E-state index in [2.05, 4.69) is 15.3 Å². The molecule has 2 fully saturated rings. The Morgan fingerprint density at radius 1 is 0.789 bits per heavy atom. The highest BCUT2D eigenvalue weighted by atomic mass is 19.3. The number of aromatic nitrogens is 2. The molecule has 3 atom stereocenters. The van der Waals surface area contributed by atoms with E-state index in [4.69, 9.17) is 23.0 Å². The van der Waals surface area contributed by atoms with Crippen LogP contribution in [-0.2, 0) is 22.7 Å². The van der Waals surface area contributed by atoms with Crippen molar-refractivity contribution in [3.8, 4) is 45.5 Å². The number of rotatable bonds is 12. The molecule has 57 heavy (non-hydrogen) atoms. The fourth-order valence-corrected chi connectivity index (χ4v) is 7.50. The van der Waals surface area contributed by atoms with Crippen molar-refractivity contribution in [3.05, 3.63) is 82.9 Å². The highest BCUT2D eigenvalue weighted by Gasteiger charge is 2.33. The first-order valence-electron chi connectivity index (χ1n) is 18.3. The lowest BCUT2D eigenvalue weighted by Gasteiger charge is -2.17. The standard InChI is InChI=1S/C41H36F6N4O6/c1-20-24(6-3-8-26(20)37-49-31-12-22(16-51-17-28(42)29(43)18-51)33(56-40(44)45)14-35(31)54-37)25-7-4-9-27(21(25)2)38-50-32-13-23(19-53-39(52)30-10-5-11-48-30)34(57-41(46)47)15-36(32)55-38/h3-4,6-9,12-15,28-30,40-41,48H,5,10-11,16-19H2,1-2H3/t28-,29-,30+/m1/s1. The number of benzene rings is 4. The molecule has 0 aliphatic carbocycles. The predicted molar refractivity (Wildman–Crippen MR) is 197 cm³/mol. The Balaban J connectivity index is 1.10. The van der Waals surface area contributed by atoms with Gasteiger partial charge >= 0.3 is 19.2 Å². The van der Waals surface area contributed by atoms with Gasteiger partial charge < -0.3 is 28.4 Å². The molecule has 0 spiro atoms. The van der Waals surface area contributed by atoms with Crippen molar-refractivity contribution in [1.29, 1.82) is 0 Å². The van der Waals surface area contributed by atoms with Crippen LogP contribution >= 0.6 is 0 Å². The lowest BCUT2D eigenvalue weighted by atomic mass is 9.91. The third kappa shape index (κ3) is 7.88. The number of carbonyl (C=O) groups excluding carboxylic acids is 1. The molecular formula is C41H36F6N4O6. The van der Waals surface area contributed by atoms with Gasteiger partial charge in [0.1, 0.15) is 47.5 Å². The smallest absolute Gasteiger partial charge is 0.387 e. The number of nitrogens with zero attached hydrogens (tertiary/aromatic N) is 3. The molecule has 0 bridgehead atoms. The number of ether oxygens (including phenoxy) is 3. The van der Waals surface area contributed by atoms with Crippen molar-refractivity contribution >= 4 is 28.2 Å². The first kappa shape index (κ1) is 38.3. The van der Waals surface area contributed by atoms with Gasteiger partial charge in [-0.3, -0.25) is 9.69 Å². The maximum atomic E-state index is 13.9. The van der Waals surface area contributed by atoms with Crippen molar-refractivity contribution in [2.24, 2.45) is 0 Å². The zero-order valence-corrected chi connectivity index (χ0v) is 30.7. The number of hydrogen-bond acceptors (Lipinski definition) is 10. The Hall–Kier alpha value is -5.61. The average molecular weight is 795 g/mol. The molecule has 0 saturated carbocycles. The first-order valence-corrected chi connectivity index (χ1v) is 18.3. The summed E-state index contributed by atoms with van der Waals surface area (Å²) in [5.41, 5.74) is 6.02. The first-order chi connectivity index (χ1) is 27.4. The van der Waals surface area contributed by atoms with E-state index in [0.717, 1.165) is 28.7 Å². The second-order valence-corrected chi connectivity index (χ2v) is 14.1. The molecule has 1 N–H and O–H groups in total. The van der Waals surface area contributed by atoms with Gasteiger partial charge in [0.05, 0.1) is 0 Å². The molecule has 0 radical (unpaired) electrons. The molecule has 4 heterocycles. The van der Waals surface area contributed by atoms with Crippen LogP contribution in [0.4, 0.5) is 26.3 Å². The summed E-state index contributed by atoms with van der Waals surface area (Å²) in [5.74, 6) is -0.417. The van der Waals surface area contributed by atoms with E-state index in [0.29, 0.717) is 35.1 Å². The van der Waals surface area contributed by atoms with Crippen LogP contribution in [0.1, 0.15) is 35.1 Å². The van der Waals surface area contributed by atoms with Crippen LogP contribution < -0.4 is 14.8 Å². The number of likely N-dealkylation sites (tertiary alicyclic amines) is 1. The van der Waals surface area contributed by atoms with E-state index < -0.39 is 37.6 Å². The van der Waals surface area contributed by atoms with Gasteiger partial charge in [-0.15, -0.1) is 0 Å². The fraction of sp³-hybridized carbons (Fsp3) is 0.341. The van der Waals surface area contributed by atoms with Gasteiger partial charge in [-0.05, 0) is 79.8 Å². The number of hydrogen-bond donors (Lipinski definition) is 1. The second-order valence-electron chi connectivity index (χ2n) is 14.1. The number of esters is 1. The quantitative estimate of drug-likeness (QED) is 0.0952. The molecule has 0 amide bonds. The largest absolute Gasteiger partial charge is 0.460 e.